The van der Waals surface area contributed by atoms with Gasteiger partial charge in [0.15, 0.2) is 0 Å². The van der Waals surface area contributed by atoms with E-state index in [4.69, 9.17) is 0 Å². The van der Waals surface area contributed by atoms with E-state index in [2.05, 4.69) is 170 Å². The summed E-state index contributed by atoms with van der Waals surface area (Å²) in [5, 5.41) is 5.12. The number of benzene rings is 6. The van der Waals surface area contributed by atoms with E-state index < -0.39 is 0 Å². The van der Waals surface area contributed by atoms with Crippen LogP contribution in [0.5, 0.6) is 0 Å². The smallest absolute Gasteiger partial charge is 0.247 e. The van der Waals surface area contributed by atoms with Crippen LogP contribution in [0.15, 0.2) is 103 Å². The number of nitrogens with zero attached hydrogens (tertiary/aromatic N) is 1. The van der Waals surface area contributed by atoms with Crippen LogP contribution in [-0.4, -0.2) is 6.71 Å². The first-order valence-electron chi connectivity index (χ1n) is 16.4. The molecule has 0 saturated carbocycles. The SMILES string of the molecule is Cc1cc(C)c(B2c3ccccc3N(c3cc(C(C)(C)C)cc(C(C)(C)C)c3)c3cc4cc5ccccc5cc4cc32)c(C)c1. The predicted octanol–water partition coefficient (Wildman–Crippen LogP) is 9.81. The third-order valence-electron chi connectivity index (χ3n) is 9.83. The number of fused-ring (bicyclic) bond motifs is 4. The Labute approximate surface area is 270 Å². The summed E-state index contributed by atoms with van der Waals surface area (Å²) in [5.74, 6) is 0. The Bertz CT molecular complexity index is 2070. The van der Waals surface area contributed by atoms with Crippen molar-refractivity contribution in [3.63, 3.8) is 0 Å². The van der Waals surface area contributed by atoms with E-state index in [1.54, 1.807) is 0 Å². The van der Waals surface area contributed by atoms with Crippen LogP contribution in [0.4, 0.5) is 17.1 Å². The molecule has 0 amide bonds. The van der Waals surface area contributed by atoms with Crippen molar-refractivity contribution in [1.82, 2.24) is 0 Å². The molecule has 0 unspecified atom stereocenters. The highest BCUT2D eigenvalue weighted by molar-refractivity contribution is 6.98. The van der Waals surface area contributed by atoms with Gasteiger partial charge < -0.3 is 4.90 Å². The van der Waals surface area contributed by atoms with Gasteiger partial charge in [-0.15, -0.1) is 0 Å². The predicted molar refractivity (Wildman–Crippen MR) is 199 cm³/mol. The fourth-order valence-corrected chi connectivity index (χ4v) is 7.50. The zero-order valence-corrected chi connectivity index (χ0v) is 28.3. The first-order chi connectivity index (χ1) is 21.3. The molecule has 1 nitrogen and oxygen atoms in total. The van der Waals surface area contributed by atoms with Gasteiger partial charge in [0, 0.05) is 17.1 Å². The van der Waals surface area contributed by atoms with Crippen LogP contribution in [0, 0.1) is 20.8 Å². The van der Waals surface area contributed by atoms with E-state index in [-0.39, 0.29) is 17.5 Å². The van der Waals surface area contributed by atoms with Crippen LogP contribution in [0.3, 0.4) is 0 Å². The molecule has 0 bridgehead atoms. The molecule has 45 heavy (non-hydrogen) atoms. The molecular weight excluding hydrogens is 541 g/mol. The molecular formula is C43H44BN. The lowest BCUT2D eigenvalue weighted by molar-refractivity contribution is 0.569. The van der Waals surface area contributed by atoms with Gasteiger partial charge in [0.25, 0.3) is 0 Å². The van der Waals surface area contributed by atoms with Crippen molar-refractivity contribution in [1.29, 1.82) is 0 Å². The molecule has 1 aliphatic heterocycles. The lowest BCUT2D eigenvalue weighted by Gasteiger charge is -2.39. The van der Waals surface area contributed by atoms with E-state index in [0.717, 1.165) is 0 Å². The first-order valence-corrected chi connectivity index (χ1v) is 16.4. The maximum Gasteiger partial charge on any atom is 0.247 e. The Morgan fingerprint density at radius 2 is 1.02 bits per heavy atom. The topological polar surface area (TPSA) is 3.24 Å². The Morgan fingerprint density at radius 3 is 1.60 bits per heavy atom. The molecule has 0 fully saturated rings. The molecule has 0 atom stereocenters. The number of anilines is 3. The minimum atomic E-state index is 0.0229. The van der Waals surface area contributed by atoms with Gasteiger partial charge in [0.1, 0.15) is 0 Å². The number of rotatable bonds is 2. The third kappa shape index (κ3) is 5.05. The van der Waals surface area contributed by atoms with E-state index in [1.165, 1.54) is 82.8 Å². The van der Waals surface area contributed by atoms with E-state index in [1.807, 2.05) is 0 Å². The summed E-state index contributed by atoms with van der Waals surface area (Å²) in [4.78, 5) is 2.55. The molecule has 1 aliphatic rings. The zero-order valence-electron chi connectivity index (χ0n) is 28.3. The molecule has 224 valence electrons. The Balaban J connectivity index is 1.60. The summed E-state index contributed by atoms with van der Waals surface area (Å²) in [7, 11) is 0. The van der Waals surface area contributed by atoms with Crippen molar-refractivity contribution in [3.8, 4) is 0 Å². The zero-order chi connectivity index (χ0) is 31.8. The summed E-state index contributed by atoms with van der Waals surface area (Å²) >= 11 is 0. The van der Waals surface area contributed by atoms with Crippen LogP contribution >= 0.6 is 0 Å². The number of aryl methyl sites for hydroxylation is 3. The van der Waals surface area contributed by atoms with E-state index in [0.29, 0.717) is 0 Å². The molecule has 0 radical (unpaired) electrons. The van der Waals surface area contributed by atoms with Crippen LogP contribution in [0.25, 0.3) is 21.5 Å². The lowest BCUT2D eigenvalue weighted by atomic mass is 9.33. The van der Waals surface area contributed by atoms with Crippen LogP contribution < -0.4 is 21.3 Å². The largest absolute Gasteiger partial charge is 0.311 e. The minimum Gasteiger partial charge on any atom is -0.311 e. The highest BCUT2D eigenvalue weighted by Crippen LogP contribution is 2.42. The quantitative estimate of drug-likeness (QED) is 0.144. The van der Waals surface area contributed by atoms with Crippen molar-refractivity contribution in [2.45, 2.75) is 73.1 Å². The second kappa shape index (κ2) is 10.4. The molecule has 1 heterocycles. The molecule has 6 aromatic carbocycles. The average Bonchev–Trinajstić information content (AvgIpc) is 2.97. The van der Waals surface area contributed by atoms with Crippen LogP contribution in [0.1, 0.15) is 69.4 Å². The molecule has 7 rings (SSSR count). The van der Waals surface area contributed by atoms with Gasteiger partial charge >= 0.3 is 0 Å². The normalized spacial score (nSPS) is 13.4. The highest BCUT2D eigenvalue weighted by Gasteiger charge is 2.37. The van der Waals surface area contributed by atoms with Gasteiger partial charge in [-0.1, -0.05) is 130 Å². The number of hydrogen-bond donors (Lipinski definition) is 0. The van der Waals surface area contributed by atoms with Crippen LogP contribution in [-0.2, 0) is 10.8 Å². The van der Waals surface area contributed by atoms with E-state index >= 15 is 0 Å². The molecule has 6 aromatic rings. The van der Waals surface area contributed by atoms with Gasteiger partial charge in [0.05, 0.1) is 0 Å². The molecule has 0 aromatic heterocycles. The van der Waals surface area contributed by atoms with Crippen molar-refractivity contribution in [3.05, 3.63) is 131 Å². The second-order valence-electron chi connectivity index (χ2n) is 15.4. The van der Waals surface area contributed by atoms with Crippen LogP contribution in [0.2, 0.25) is 0 Å². The second-order valence-corrected chi connectivity index (χ2v) is 15.4. The Hall–Kier alpha value is -4.30. The Kier molecular flexibility index (Phi) is 6.78. The molecule has 0 saturated heterocycles. The summed E-state index contributed by atoms with van der Waals surface area (Å²) < 4.78 is 0. The molecule has 0 aliphatic carbocycles. The molecule has 0 N–H and O–H groups in total. The summed E-state index contributed by atoms with van der Waals surface area (Å²) in [6, 6.07) is 39.5. The fraction of sp³-hybridized carbons (Fsp3) is 0.256. The maximum atomic E-state index is 2.55. The molecule has 0 spiro atoms. The van der Waals surface area contributed by atoms with Gasteiger partial charge in [-0.3, -0.25) is 0 Å². The summed E-state index contributed by atoms with van der Waals surface area (Å²) in [6.45, 7) is 20.9. The summed E-state index contributed by atoms with van der Waals surface area (Å²) in [6.07, 6.45) is 0. The standard InChI is InChI=1S/C43H44BN/c1-27-18-28(2)41(29(3)19-27)44-37-16-12-13-17-39(37)45(36-25-34(42(4,5)6)24-35(26-36)43(7,8)9)40-23-33-21-31-15-11-10-14-30(31)20-32(33)22-38(40)44/h10-26H,1-9H3. The minimum absolute atomic E-state index is 0.0229. The molecule has 2 heteroatoms. The maximum absolute atomic E-state index is 2.55. The van der Waals surface area contributed by atoms with Gasteiger partial charge in [-0.25, -0.2) is 0 Å². The summed E-state index contributed by atoms with van der Waals surface area (Å²) in [5.41, 5.74) is 14.7. The first kappa shape index (κ1) is 29.4. The number of hydrogen-bond acceptors (Lipinski definition) is 1. The average molecular weight is 586 g/mol. The highest BCUT2D eigenvalue weighted by atomic mass is 15.1. The van der Waals surface area contributed by atoms with Crippen molar-refractivity contribution >= 4 is 61.7 Å². The van der Waals surface area contributed by atoms with Gasteiger partial charge in [-0.05, 0) is 112 Å². The monoisotopic (exact) mass is 585 g/mol. The number of para-hydroxylation sites is 1. The van der Waals surface area contributed by atoms with Crippen molar-refractivity contribution in [2.24, 2.45) is 0 Å². The lowest BCUT2D eigenvalue weighted by Crippen LogP contribution is -2.58. The van der Waals surface area contributed by atoms with E-state index in [9.17, 15) is 0 Å². The van der Waals surface area contributed by atoms with Crippen molar-refractivity contribution in [2.75, 3.05) is 4.90 Å². The third-order valence-corrected chi connectivity index (χ3v) is 9.83. The fourth-order valence-electron chi connectivity index (χ4n) is 7.50. The Morgan fingerprint density at radius 1 is 0.489 bits per heavy atom. The van der Waals surface area contributed by atoms with Gasteiger partial charge in [0.2, 0.25) is 6.71 Å². The van der Waals surface area contributed by atoms with Gasteiger partial charge in [-0.2, -0.15) is 0 Å². The van der Waals surface area contributed by atoms with Crippen molar-refractivity contribution < 1.29 is 0 Å².